The first-order valence-electron chi connectivity index (χ1n) is 18.8. The Hall–Kier alpha value is -0.690. The van der Waals surface area contributed by atoms with E-state index in [1.165, 1.54) is 110 Å². The fraction of sp³-hybridized carbons (Fsp3) is 0.973. The summed E-state index contributed by atoms with van der Waals surface area (Å²) in [5, 5.41) is 7.14. The lowest BCUT2D eigenvalue weighted by atomic mass is 9.44. The predicted octanol–water partition coefficient (Wildman–Crippen LogP) is 5.90. The Labute approximate surface area is 265 Å². The molecule has 0 spiro atoms. The highest BCUT2D eigenvalue weighted by atomic mass is 16.1. The second-order valence-corrected chi connectivity index (χ2v) is 16.7. The molecule has 0 aromatic carbocycles. The van der Waals surface area contributed by atoms with E-state index in [1.54, 1.807) is 0 Å². The van der Waals surface area contributed by atoms with Crippen LogP contribution in [0.3, 0.4) is 0 Å². The number of carbonyl (C=O) groups is 1. The first kappa shape index (κ1) is 33.7. The molecular formula is C37H69N5O. The molecular weight excluding hydrogens is 530 g/mol. The van der Waals surface area contributed by atoms with Crippen LogP contribution in [0.1, 0.15) is 118 Å². The Balaban J connectivity index is 1.06. The number of carbonyl (C=O) groups excluding carboxylic acids is 1. The van der Waals surface area contributed by atoms with Gasteiger partial charge in [0.1, 0.15) is 0 Å². The van der Waals surface area contributed by atoms with Crippen LogP contribution in [-0.4, -0.2) is 80.1 Å². The van der Waals surface area contributed by atoms with E-state index < -0.39 is 0 Å². The SMILES string of the molecule is CC(C)NC(=O)CC[C@@H](C)[C@H]1CCC2C3CCC4C[C@@H](NCCCN5CCN(CCCN)CC5)CC[C@]4(C)C3CC[C@@]21C. The Bertz CT molecular complexity index is 888. The van der Waals surface area contributed by atoms with Crippen molar-refractivity contribution in [2.45, 2.75) is 130 Å². The summed E-state index contributed by atoms with van der Waals surface area (Å²) in [6, 6.07) is 0.985. The van der Waals surface area contributed by atoms with Gasteiger partial charge >= 0.3 is 0 Å². The van der Waals surface area contributed by atoms with E-state index in [1.807, 2.05) is 0 Å². The molecule has 6 nitrogen and oxygen atoms in total. The van der Waals surface area contributed by atoms with Crippen molar-refractivity contribution in [3.63, 3.8) is 0 Å². The van der Waals surface area contributed by atoms with Crippen molar-refractivity contribution in [3.8, 4) is 0 Å². The van der Waals surface area contributed by atoms with Gasteiger partial charge in [-0.2, -0.15) is 0 Å². The van der Waals surface area contributed by atoms with Crippen LogP contribution in [-0.2, 0) is 4.79 Å². The van der Waals surface area contributed by atoms with Crippen molar-refractivity contribution in [2.75, 3.05) is 52.4 Å². The lowest BCUT2D eigenvalue weighted by Crippen LogP contribution is -2.55. The van der Waals surface area contributed by atoms with Crippen molar-refractivity contribution in [3.05, 3.63) is 0 Å². The third-order valence-corrected chi connectivity index (χ3v) is 13.9. The molecule has 1 aliphatic heterocycles. The number of piperazine rings is 1. The molecule has 4 unspecified atom stereocenters. The second-order valence-electron chi connectivity index (χ2n) is 16.7. The second kappa shape index (κ2) is 14.8. The summed E-state index contributed by atoms with van der Waals surface area (Å²) < 4.78 is 0. The summed E-state index contributed by atoms with van der Waals surface area (Å²) in [6.07, 6.45) is 17.1. The molecule has 4 saturated carbocycles. The van der Waals surface area contributed by atoms with E-state index in [4.69, 9.17) is 5.73 Å². The average molecular weight is 600 g/mol. The maximum absolute atomic E-state index is 12.4. The number of fused-ring (bicyclic) bond motifs is 5. The molecule has 0 aromatic rings. The van der Waals surface area contributed by atoms with E-state index in [0.717, 1.165) is 55.0 Å². The van der Waals surface area contributed by atoms with Crippen molar-refractivity contribution >= 4 is 5.91 Å². The average Bonchev–Trinajstić information content (AvgIpc) is 3.34. The van der Waals surface area contributed by atoms with Crippen molar-refractivity contribution < 1.29 is 4.79 Å². The van der Waals surface area contributed by atoms with Crippen LogP contribution in [0.15, 0.2) is 0 Å². The summed E-state index contributed by atoms with van der Waals surface area (Å²) >= 11 is 0. The lowest BCUT2D eigenvalue weighted by Gasteiger charge is -2.61. The molecule has 0 aromatic heterocycles. The van der Waals surface area contributed by atoms with Gasteiger partial charge in [0.05, 0.1) is 0 Å². The molecule has 4 aliphatic carbocycles. The van der Waals surface area contributed by atoms with Gasteiger partial charge in [-0.05, 0) is 163 Å². The van der Waals surface area contributed by atoms with Gasteiger partial charge in [-0.1, -0.05) is 20.8 Å². The smallest absolute Gasteiger partial charge is 0.220 e. The highest BCUT2D eigenvalue weighted by molar-refractivity contribution is 5.76. The van der Waals surface area contributed by atoms with E-state index in [9.17, 15) is 4.79 Å². The molecule has 248 valence electrons. The third-order valence-electron chi connectivity index (χ3n) is 13.9. The molecule has 1 amide bonds. The largest absolute Gasteiger partial charge is 0.354 e. The monoisotopic (exact) mass is 600 g/mol. The molecule has 0 bridgehead atoms. The van der Waals surface area contributed by atoms with E-state index in [0.29, 0.717) is 23.2 Å². The van der Waals surface area contributed by atoms with Gasteiger partial charge in [0.25, 0.3) is 0 Å². The lowest BCUT2D eigenvalue weighted by molar-refractivity contribution is -0.123. The Kier molecular flexibility index (Phi) is 11.6. The summed E-state index contributed by atoms with van der Waals surface area (Å²) in [4.78, 5) is 17.6. The molecule has 6 heteroatoms. The maximum atomic E-state index is 12.4. The topological polar surface area (TPSA) is 73.6 Å². The molecule has 5 rings (SSSR count). The third kappa shape index (κ3) is 7.66. The minimum absolute atomic E-state index is 0.245. The zero-order valence-electron chi connectivity index (χ0n) is 28.8. The van der Waals surface area contributed by atoms with Crippen LogP contribution in [0.4, 0.5) is 0 Å². The maximum Gasteiger partial charge on any atom is 0.220 e. The molecule has 1 saturated heterocycles. The first-order valence-corrected chi connectivity index (χ1v) is 18.8. The fourth-order valence-electron chi connectivity index (χ4n) is 11.5. The number of nitrogens with zero attached hydrogens (tertiary/aromatic N) is 2. The molecule has 5 fully saturated rings. The van der Waals surface area contributed by atoms with E-state index >= 15 is 0 Å². The van der Waals surface area contributed by atoms with Gasteiger partial charge in [0, 0.05) is 44.7 Å². The molecule has 1 heterocycles. The van der Waals surface area contributed by atoms with Gasteiger partial charge in [-0.15, -0.1) is 0 Å². The first-order chi connectivity index (χ1) is 20.6. The summed E-state index contributed by atoms with van der Waals surface area (Å²) in [6.45, 7) is 21.3. The predicted molar refractivity (Wildman–Crippen MR) is 180 cm³/mol. The molecule has 5 aliphatic rings. The fourth-order valence-corrected chi connectivity index (χ4v) is 11.5. The van der Waals surface area contributed by atoms with Crippen LogP contribution < -0.4 is 16.4 Å². The number of hydrogen-bond donors (Lipinski definition) is 3. The number of rotatable bonds is 13. The zero-order valence-corrected chi connectivity index (χ0v) is 28.8. The summed E-state index contributed by atoms with van der Waals surface area (Å²) in [7, 11) is 0. The minimum Gasteiger partial charge on any atom is -0.354 e. The number of amides is 1. The van der Waals surface area contributed by atoms with Crippen LogP contribution in [0.2, 0.25) is 0 Å². The van der Waals surface area contributed by atoms with Gasteiger partial charge in [0.2, 0.25) is 5.91 Å². The molecule has 4 N–H and O–H groups in total. The van der Waals surface area contributed by atoms with Gasteiger partial charge in [-0.25, -0.2) is 0 Å². The van der Waals surface area contributed by atoms with Crippen LogP contribution in [0.5, 0.6) is 0 Å². The quantitative estimate of drug-likeness (QED) is 0.230. The van der Waals surface area contributed by atoms with Crippen molar-refractivity contribution in [2.24, 2.45) is 52.1 Å². The van der Waals surface area contributed by atoms with Gasteiger partial charge < -0.3 is 26.2 Å². The van der Waals surface area contributed by atoms with Crippen molar-refractivity contribution in [1.29, 1.82) is 0 Å². The van der Waals surface area contributed by atoms with Crippen LogP contribution >= 0.6 is 0 Å². The number of hydrogen-bond acceptors (Lipinski definition) is 5. The highest BCUT2D eigenvalue weighted by Gasteiger charge is 2.60. The Morgan fingerprint density at radius 1 is 0.860 bits per heavy atom. The molecule has 9 atom stereocenters. The normalized spacial score (nSPS) is 39.2. The highest BCUT2D eigenvalue weighted by Crippen LogP contribution is 2.68. The standard InChI is InChI=1S/C37H69N5O/c1-27(2)40-35(43)13-8-28(3)32-11-12-33-31-10-9-29-26-30(14-16-36(29,4)34(31)15-17-37(32,33)5)39-19-7-21-42-24-22-41(23-25-42)20-6-18-38/h27-34,39H,6-26,38H2,1-5H3,(H,40,43)/t28-,29?,30+,31?,32-,33?,34?,36+,37-/m1/s1. The zero-order chi connectivity index (χ0) is 30.6. The Morgan fingerprint density at radius 2 is 1.53 bits per heavy atom. The summed E-state index contributed by atoms with van der Waals surface area (Å²) in [5.74, 6) is 5.43. The number of nitrogens with two attached hydrogens (primary N) is 1. The van der Waals surface area contributed by atoms with Crippen molar-refractivity contribution in [1.82, 2.24) is 20.4 Å². The van der Waals surface area contributed by atoms with E-state index in [-0.39, 0.29) is 11.9 Å². The minimum atomic E-state index is 0.245. The van der Waals surface area contributed by atoms with Crippen LogP contribution in [0, 0.1) is 46.3 Å². The van der Waals surface area contributed by atoms with E-state index in [2.05, 4.69) is 55.1 Å². The van der Waals surface area contributed by atoms with Crippen LogP contribution in [0.25, 0.3) is 0 Å². The van der Waals surface area contributed by atoms with Gasteiger partial charge in [0.15, 0.2) is 0 Å². The Morgan fingerprint density at radius 3 is 2.23 bits per heavy atom. The molecule has 0 radical (unpaired) electrons. The molecule has 43 heavy (non-hydrogen) atoms. The van der Waals surface area contributed by atoms with Gasteiger partial charge in [-0.3, -0.25) is 4.79 Å². The number of nitrogens with one attached hydrogen (secondary N) is 2. The summed E-state index contributed by atoms with van der Waals surface area (Å²) in [5.41, 5.74) is 6.75.